The number of carbonyl (C=O) groups excluding carboxylic acids is 1. The molecule has 22 heavy (non-hydrogen) atoms. The molecule has 1 amide bonds. The summed E-state index contributed by atoms with van der Waals surface area (Å²) >= 11 is 0. The van der Waals surface area contributed by atoms with E-state index in [1.165, 1.54) is 17.0 Å². The highest BCUT2D eigenvalue weighted by molar-refractivity contribution is 5.76. The molecule has 0 unspecified atom stereocenters. The number of carbonyl (C=O) groups is 1. The molecule has 0 saturated heterocycles. The van der Waals surface area contributed by atoms with Gasteiger partial charge in [-0.2, -0.15) is 0 Å². The second kappa shape index (κ2) is 7.02. The lowest BCUT2D eigenvalue weighted by molar-refractivity contribution is -0.130. The average molecular weight is 305 g/mol. The van der Waals surface area contributed by atoms with Gasteiger partial charge in [0.2, 0.25) is 5.91 Å². The molecule has 0 fully saturated rings. The first kappa shape index (κ1) is 15.9. The second-order valence-electron chi connectivity index (χ2n) is 5.11. The zero-order chi connectivity index (χ0) is 16.1. The number of aromatic hydroxyl groups is 1. The van der Waals surface area contributed by atoms with E-state index < -0.39 is 11.6 Å². The molecular formula is C17H17F2NO2. The van der Waals surface area contributed by atoms with Gasteiger partial charge in [-0.25, -0.2) is 8.78 Å². The summed E-state index contributed by atoms with van der Waals surface area (Å²) in [6.07, 6.45) is 0.610. The fourth-order valence-corrected chi connectivity index (χ4v) is 2.15. The van der Waals surface area contributed by atoms with Crippen molar-refractivity contribution in [3.63, 3.8) is 0 Å². The maximum Gasteiger partial charge on any atom is 0.222 e. The Bertz CT molecular complexity index is 673. The van der Waals surface area contributed by atoms with Crippen molar-refractivity contribution in [2.45, 2.75) is 19.4 Å². The van der Waals surface area contributed by atoms with E-state index in [9.17, 15) is 18.7 Å². The Morgan fingerprint density at radius 1 is 1.14 bits per heavy atom. The first-order chi connectivity index (χ1) is 10.5. The van der Waals surface area contributed by atoms with E-state index in [4.69, 9.17) is 0 Å². The second-order valence-corrected chi connectivity index (χ2v) is 5.11. The summed E-state index contributed by atoms with van der Waals surface area (Å²) in [7, 11) is 1.57. The molecule has 0 radical (unpaired) electrons. The first-order valence-electron chi connectivity index (χ1n) is 6.92. The van der Waals surface area contributed by atoms with Crippen LogP contribution in [-0.2, 0) is 17.8 Å². The number of benzene rings is 2. The predicted octanol–water partition coefficient (Wildman–Crippen LogP) is 3.26. The highest BCUT2D eigenvalue weighted by atomic mass is 19.1. The number of hydrogen-bond acceptors (Lipinski definition) is 2. The molecule has 0 aliphatic carbocycles. The summed E-state index contributed by atoms with van der Waals surface area (Å²) in [5.41, 5.74) is 0.956. The minimum absolute atomic E-state index is 0.0751. The molecule has 0 aromatic heterocycles. The molecule has 0 aliphatic heterocycles. The van der Waals surface area contributed by atoms with Gasteiger partial charge in [-0.15, -0.1) is 0 Å². The molecule has 0 heterocycles. The van der Waals surface area contributed by atoms with E-state index in [0.29, 0.717) is 12.0 Å². The number of aryl methyl sites for hydroxylation is 1. The third kappa shape index (κ3) is 4.04. The molecule has 0 bridgehead atoms. The normalized spacial score (nSPS) is 10.5. The number of rotatable bonds is 5. The van der Waals surface area contributed by atoms with Crippen LogP contribution in [0.4, 0.5) is 8.78 Å². The molecule has 2 aromatic rings. The number of phenolic OH excluding ortho intramolecular Hbond substituents is 1. The van der Waals surface area contributed by atoms with Crippen LogP contribution >= 0.6 is 0 Å². The Kier molecular flexibility index (Phi) is 5.09. The van der Waals surface area contributed by atoms with Crippen molar-refractivity contribution >= 4 is 5.91 Å². The van der Waals surface area contributed by atoms with E-state index in [1.54, 1.807) is 31.3 Å². The van der Waals surface area contributed by atoms with Crippen LogP contribution in [0.2, 0.25) is 0 Å². The van der Waals surface area contributed by atoms with Crippen molar-refractivity contribution in [1.82, 2.24) is 4.90 Å². The molecule has 0 aliphatic rings. The molecule has 5 heteroatoms. The fraction of sp³-hybridized carbons (Fsp3) is 0.235. The minimum Gasteiger partial charge on any atom is -0.508 e. The van der Waals surface area contributed by atoms with Crippen molar-refractivity contribution < 1.29 is 18.7 Å². The zero-order valence-corrected chi connectivity index (χ0v) is 12.2. The van der Waals surface area contributed by atoms with Crippen LogP contribution in [0.25, 0.3) is 0 Å². The predicted molar refractivity (Wildman–Crippen MR) is 79.3 cm³/mol. The van der Waals surface area contributed by atoms with E-state index in [-0.39, 0.29) is 30.2 Å². The summed E-state index contributed by atoms with van der Waals surface area (Å²) in [6.45, 7) is 0.0751. The highest BCUT2D eigenvalue weighted by Crippen LogP contribution is 2.18. The van der Waals surface area contributed by atoms with E-state index in [2.05, 4.69) is 0 Å². The third-order valence-corrected chi connectivity index (χ3v) is 3.45. The average Bonchev–Trinajstić information content (AvgIpc) is 2.49. The molecule has 0 atom stereocenters. The van der Waals surface area contributed by atoms with E-state index >= 15 is 0 Å². The van der Waals surface area contributed by atoms with Crippen molar-refractivity contribution in [2.24, 2.45) is 0 Å². The molecule has 0 spiro atoms. The number of nitrogens with zero attached hydrogens (tertiary/aromatic N) is 1. The molecule has 2 rings (SSSR count). The number of phenols is 1. The van der Waals surface area contributed by atoms with Gasteiger partial charge in [0, 0.05) is 31.6 Å². The number of amides is 1. The van der Waals surface area contributed by atoms with Crippen molar-refractivity contribution in [2.75, 3.05) is 7.05 Å². The van der Waals surface area contributed by atoms with Crippen LogP contribution < -0.4 is 0 Å². The van der Waals surface area contributed by atoms with Crippen molar-refractivity contribution in [1.29, 1.82) is 0 Å². The topological polar surface area (TPSA) is 40.5 Å². The molecule has 116 valence electrons. The van der Waals surface area contributed by atoms with E-state index in [1.807, 2.05) is 0 Å². The first-order valence-corrected chi connectivity index (χ1v) is 6.92. The van der Waals surface area contributed by atoms with Gasteiger partial charge in [0.1, 0.15) is 17.4 Å². The Morgan fingerprint density at radius 2 is 1.86 bits per heavy atom. The summed E-state index contributed by atoms with van der Waals surface area (Å²) in [5.74, 6) is -1.33. The van der Waals surface area contributed by atoms with Gasteiger partial charge < -0.3 is 10.0 Å². The summed E-state index contributed by atoms with van der Waals surface area (Å²) < 4.78 is 26.4. The van der Waals surface area contributed by atoms with Gasteiger partial charge in [-0.3, -0.25) is 4.79 Å². The molecule has 3 nitrogen and oxygen atoms in total. The SMILES string of the molecule is CN(Cc1ccc(F)cc1F)C(=O)CCc1ccccc1O. The van der Waals surface area contributed by atoms with Gasteiger partial charge in [-0.1, -0.05) is 24.3 Å². The summed E-state index contributed by atoms with van der Waals surface area (Å²) in [4.78, 5) is 13.4. The Morgan fingerprint density at radius 3 is 2.55 bits per heavy atom. The maximum atomic E-state index is 13.6. The molecule has 0 saturated carbocycles. The standard InChI is InChI=1S/C17H17F2NO2/c1-20(11-13-6-8-14(18)10-15(13)19)17(22)9-7-12-4-2-3-5-16(12)21/h2-6,8,10,21H,7,9,11H2,1H3. The van der Waals surface area contributed by atoms with Crippen molar-refractivity contribution in [3.8, 4) is 5.75 Å². The van der Waals surface area contributed by atoms with Crippen LogP contribution in [0.5, 0.6) is 5.75 Å². The Labute approximate surface area is 127 Å². The van der Waals surface area contributed by atoms with Crippen LogP contribution in [0.15, 0.2) is 42.5 Å². The van der Waals surface area contributed by atoms with Gasteiger partial charge in [-0.05, 0) is 24.1 Å². The molecule has 1 N–H and O–H groups in total. The largest absolute Gasteiger partial charge is 0.508 e. The number of halogens is 2. The maximum absolute atomic E-state index is 13.6. The molecular weight excluding hydrogens is 288 g/mol. The fourth-order valence-electron chi connectivity index (χ4n) is 2.15. The monoisotopic (exact) mass is 305 g/mol. The number of para-hydroxylation sites is 1. The lowest BCUT2D eigenvalue weighted by atomic mass is 10.1. The van der Waals surface area contributed by atoms with Crippen molar-refractivity contribution in [3.05, 3.63) is 65.2 Å². The van der Waals surface area contributed by atoms with Gasteiger partial charge >= 0.3 is 0 Å². The van der Waals surface area contributed by atoms with Gasteiger partial charge in [0.25, 0.3) is 0 Å². The lowest BCUT2D eigenvalue weighted by Crippen LogP contribution is -2.26. The van der Waals surface area contributed by atoms with Crippen LogP contribution in [0.3, 0.4) is 0 Å². The highest BCUT2D eigenvalue weighted by Gasteiger charge is 2.13. The number of hydrogen-bond donors (Lipinski definition) is 1. The lowest BCUT2D eigenvalue weighted by Gasteiger charge is -2.18. The van der Waals surface area contributed by atoms with Gasteiger partial charge in [0.05, 0.1) is 0 Å². The quantitative estimate of drug-likeness (QED) is 0.921. The summed E-state index contributed by atoms with van der Waals surface area (Å²) in [6, 6.07) is 10.1. The molecule has 2 aromatic carbocycles. The minimum atomic E-state index is -0.666. The Hall–Kier alpha value is -2.43. The zero-order valence-electron chi connectivity index (χ0n) is 12.2. The van der Waals surface area contributed by atoms with Crippen LogP contribution in [0.1, 0.15) is 17.5 Å². The Balaban J connectivity index is 1.93. The van der Waals surface area contributed by atoms with E-state index in [0.717, 1.165) is 6.07 Å². The van der Waals surface area contributed by atoms with Crippen LogP contribution in [0, 0.1) is 11.6 Å². The van der Waals surface area contributed by atoms with Gasteiger partial charge in [0.15, 0.2) is 0 Å². The van der Waals surface area contributed by atoms with Crippen LogP contribution in [-0.4, -0.2) is 23.0 Å². The smallest absolute Gasteiger partial charge is 0.222 e. The third-order valence-electron chi connectivity index (χ3n) is 3.45. The summed E-state index contributed by atoms with van der Waals surface area (Å²) in [5, 5.41) is 9.65.